The first kappa shape index (κ1) is 17.1. The Labute approximate surface area is 141 Å². The summed E-state index contributed by atoms with van der Waals surface area (Å²) >= 11 is 3.26. The van der Waals surface area contributed by atoms with Crippen molar-refractivity contribution in [2.45, 2.75) is 19.4 Å². The van der Waals surface area contributed by atoms with E-state index in [1.54, 1.807) is 24.3 Å². The molecule has 0 aliphatic heterocycles. The predicted molar refractivity (Wildman–Crippen MR) is 87.7 cm³/mol. The van der Waals surface area contributed by atoms with Crippen LogP contribution in [0.4, 0.5) is 4.39 Å². The van der Waals surface area contributed by atoms with E-state index in [2.05, 4.69) is 21.2 Å². The monoisotopic (exact) mass is 379 g/mol. The smallest absolute Gasteiger partial charge is 0.335 e. The van der Waals surface area contributed by atoms with Crippen molar-refractivity contribution in [1.82, 2.24) is 5.32 Å². The van der Waals surface area contributed by atoms with Crippen LogP contribution in [0.1, 0.15) is 27.9 Å². The van der Waals surface area contributed by atoms with Gasteiger partial charge in [0.1, 0.15) is 5.82 Å². The first-order valence-electron chi connectivity index (χ1n) is 6.98. The Balaban J connectivity index is 1.83. The number of benzene rings is 2. The molecule has 0 radical (unpaired) electrons. The molecule has 23 heavy (non-hydrogen) atoms. The van der Waals surface area contributed by atoms with E-state index >= 15 is 0 Å². The lowest BCUT2D eigenvalue weighted by molar-refractivity contribution is -0.121. The highest BCUT2D eigenvalue weighted by Gasteiger charge is 2.07. The topological polar surface area (TPSA) is 66.4 Å². The van der Waals surface area contributed by atoms with Gasteiger partial charge in [0.2, 0.25) is 5.91 Å². The fourth-order valence-electron chi connectivity index (χ4n) is 2.03. The number of aryl methyl sites for hydroxylation is 1. The number of rotatable bonds is 6. The van der Waals surface area contributed by atoms with Gasteiger partial charge < -0.3 is 10.4 Å². The van der Waals surface area contributed by atoms with Crippen LogP contribution in [0.3, 0.4) is 0 Å². The Hall–Kier alpha value is -2.21. The van der Waals surface area contributed by atoms with E-state index in [1.807, 2.05) is 0 Å². The molecular formula is C17H15BrFNO3. The van der Waals surface area contributed by atoms with Crippen LogP contribution < -0.4 is 5.32 Å². The SMILES string of the molecule is O=C(CCc1ccc(C(=O)O)cc1)NCc1cc(Br)ccc1F. The van der Waals surface area contributed by atoms with E-state index in [0.29, 0.717) is 12.0 Å². The molecule has 0 aliphatic carbocycles. The summed E-state index contributed by atoms with van der Waals surface area (Å²) in [6.45, 7) is 0.127. The second-order valence-electron chi connectivity index (χ2n) is 5.01. The van der Waals surface area contributed by atoms with E-state index in [4.69, 9.17) is 5.11 Å². The molecule has 0 aliphatic rings. The first-order valence-corrected chi connectivity index (χ1v) is 7.78. The highest BCUT2D eigenvalue weighted by molar-refractivity contribution is 9.10. The van der Waals surface area contributed by atoms with Crippen LogP contribution in [0.2, 0.25) is 0 Å². The number of carboxylic acids is 1. The van der Waals surface area contributed by atoms with Crippen LogP contribution in [0.5, 0.6) is 0 Å². The van der Waals surface area contributed by atoms with Crippen molar-refractivity contribution < 1.29 is 19.1 Å². The predicted octanol–water partition coefficient (Wildman–Crippen LogP) is 3.54. The summed E-state index contributed by atoms with van der Waals surface area (Å²) in [6.07, 6.45) is 0.745. The van der Waals surface area contributed by atoms with Crippen LogP contribution in [-0.4, -0.2) is 17.0 Å². The zero-order valence-electron chi connectivity index (χ0n) is 12.2. The molecule has 0 aromatic heterocycles. The average molecular weight is 380 g/mol. The molecule has 6 heteroatoms. The van der Waals surface area contributed by atoms with E-state index < -0.39 is 5.97 Å². The Bertz CT molecular complexity index is 716. The molecule has 0 heterocycles. The van der Waals surface area contributed by atoms with Crippen LogP contribution in [0.15, 0.2) is 46.9 Å². The number of carbonyl (C=O) groups excluding carboxylic acids is 1. The zero-order chi connectivity index (χ0) is 16.8. The second-order valence-corrected chi connectivity index (χ2v) is 5.93. The van der Waals surface area contributed by atoms with Gasteiger partial charge >= 0.3 is 5.97 Å². The van der Waals surface area contributed by atoms with Gasteiger partial charge in [-0.25, -0.2) is 9.18 Å². The van der Waals surface area contributed by atoms with Crippen molar-refractivity contribution in [2.24, 2.45) is 0 Å². The molecule has 2 aromatic rings. The zero-order valence-corrected chi connectivity index (χ0v) is 13.8. The molecule has 0 atom stereocenters. The number of hydrogen-bond acceptors (Lipinski definition) is 2. The largest absolute Gasteiger partial charge is 0.478 e. The molecule has 0 saturated heterocycles. The van der Waals surface area contributed by atoms with E-state index in [1.165, 1.54) is 18.2 Å². The molecule has 1 amide bonds. The van der Waals surface area contributed by atoms with Gasteiger partial charge in [-0.05, 0) is 42.3 Å². The van der Waals surface area contributed by atoms with Gasteiger partial charge in [0, 0.05) is 23.0 Å². The lowest BCUT2D eigenvalue weighted by Crippen LogP contribution is -2.23. The lowest BCUT2D eigenvalue weighted by Gasteiger charge is -2.07. The Morgan fingerprint density at radius 1 is 1.13 bits per heavy atom. The van der Waals surface area contributed by atoms with Crippen LogP contribution in [-0.2, 0) is 17.8 Å². The van der Waals surface area contributed by atoms with Crippen molar-refractivity contribution in [1.29, 1.82) is 0 Å². The number of carbonyl (C=O) groups is 2. The summed E-state index contributed by atoms with van der Waals surface area (Å²) < 4.78 is 14.3. The van der Waals surface area contributed by atoms with Gasteiger partial charge in [-0.15, -0.1) is 0 Å². The summed E-state index contributed by atoms with van der Waals surface area (Å²) in [6, 6.07) is 10.9. The molecular weight excluding hydrogens is 365 g/mol. The van der Waals surface area contributed by atoms with E-state index in [-0.39, 0.29) is 30.3 Å². The van der Waals surface area contributed by atoms with Crippen molar-refractivity contribution in [3.05, 3.63) is 69.4 Å². The van der Waals surface area contributed by atoms with Crippen molar-refractivity contribution in [2.75, 3.05) is 0 Å². The van der Waals surface area contributed by atoms with Crippen molar-refractivity contribution in [3.63, 3.8) is 0 Å². The molecule has 2 aromatic carbocycles. The molecule has 0 unspecified atom stereocenters. The minimum atomic E-state index is -0.981. The number of halogens is 2. The van der Waals surface area contributed by atoms with Gasteiger partial charge in [0.05, 0.1) is 5.56 Å². The molecule has 0 saturated carbocycles. The minimum absolute atomic E-state index is 0.127. The number of carboxylic acid groups (broad SMARTS) is 1. The average Bonchev–Trinajstić information content (AvgIpc) is 2.54. The maximum Gasteiger partial charge on any atom is 0.335 e. The maximum absolute atomic E-state index is 13.6. The minimum Gasteiger partial charge on any atom is -0.478 e. The Kier molecular flexibility index (Phi) is 5.87. The quantitative estimate of drug-likeness (QED) is 0.806. The van der Waals surface area contributed by atoms with Crippen LogP contribution in [0.25, 0.3) is 0 Å². The molecule has 4 nitrogen and oxygen atoms in total. The Morgan fingerprint density at radius 3 is 2.48 bits per heavy atom. The van der Waals surface area contributed by atoms with Crippen LogP contribution in [0, 0.1) is 5.82 Å². The molecule has 120 valence electrons. The van der Waals surface area contributed by atoms with E-state index in [0.717, 1.165) is 10.0 Å². The highest BCUT2D eigenvalue weighted by atomic mass is 79.9. The fraction of sp³-hybridized carbons (Fsp3) is 0.176. The summed E-state index contributed by atoms with van der Waals surface area (Å²) in [4.78, 5) is 22.6. The highest BCUT2D eigenvalue weighted by Crippen LogP contribution is 2.15. The number of nitrogens with one attached hydrogen (secondary N) is 1. The third-order valence-electron chi connectivity index (χ3n) is 3.33. The molecule has 0 bridgehead atoms. The Morgan fingerprint density at radius 2 is 1.83 bits per heavy atom. The summed E-state index contributed by atoms with van der Waals surface area (Å²) in [7, 11) is 0. The lowest BCUT2D eigenvalue weighted by atomic mass is 10.1. The van der Waals surface area contributed by atoms with E-state index in [9.17, 15) is 14.0 Å². The first-order chi connectivity index (χ1) is 11.0. The number of aromatic carboxylic acids is 1. The van der Waals surface area contributed by atoms with Crippen molar-refractivity contribution in [3.8, 4) is 0 Å². The van der Waals surface area contributed by atoms with Crippen molar-refractivity contribution >= 4 is 27.8 Å². The second kappa shape index (κ2) is 7.87. The third kappa shape index (κ3) is 5.17. The van der Waals surface area contributed by atoms with Gasteiger partial charge in [-0.1, -0.05) is 28.1 Å². The molecule has 0 fully saturated rings. The third-order valence-corrected chi connectivity index (χ3v) is 3.82. The molecule has 2 N–H and O–H groups in total. The normalized spacial score (nSPS) is 10.3. The van der Waals surface area contributed by atoms with Gasteiger partial charge in [-0.3, -0.25) is 4.79 Å². The summed E-state index contributed by atoms with van der Waals surface area (Å²) in [5.41, 5.74) is 1.50. The molecule has 2 rings (SSSR count). The van der Waals surface area contributed by atoms with Gasteiger partial charge in [0.25, 0.3) is 0 Å². The number of amides is 1. The number of hydrogen-bond donors (Lipinski definition) is 2. The fourth-order valence-corrected chi connectivity index (χ4v) is 2.44. The summed E-state index contributed by atoms with van der Waals surface area (Å²) in [5, 5.41) is 11.5. The molecule has 0 spiro atoms. The standard InChI is InChI=1S/C17H15BrFNO3/c18-14-6-7-15(19)13(9-14)10-20-16(21)8-3-11-1-4-12(5-2-11)17(22)23/h1-2,4-7,9H,3,8,10H2,(H,20,21)(H,22,23). The maximum atomic E-state index is 13.6. The van der Waals surface area contributed by atoms with Gasteiger partial charge in [0.15, 0.2) is 0 Å². The summed E-state index contributed by atoms with van der Waals surface area (Å²) in [5.74, 6) is -1.53. The van der Waals surface area contributed by atoms with Crippen LogP contribution >= 0.6 is 15.9 Å². The van der Waals surface area contributed by atoms with Gasteiger partial charge in [-0.2, -0.15) is 0 Å².